The van der Waals surface area contributed by atoms with Crippen molar-refractivity contribution >= 4 is 40.8 Å². The molecule has 10 heteroatoms. The number of hydrogen-bond acceptors (Lipinski definition) is 6. The Morgan fingerprint density at radius 3 is 2.41 bits per heavy atom. The number of carbonyl (C=O) groups excluding carboxylic acids is 3. The molecule has 0 spiro atoms. The second-order valence-corrected chi connectivity index (χ2v) is 11.0. The summed E-state index contributed by atoms with van der Waals surface area (Å²) in [5.74, 6) is -1.10. The van der Waals surface area contributed by atoms with Crippen LogP contribution in [0.15, 0.2) is 60.8 Å². The maximum Gasteiger partial charge on any atom is 0.259 e. The van der Waals surface area contributed by atoms with Gasteiger partial charge in [-0.25, -0.2) is 4.98 Å². The van der Waals surface area contributed by atoms with E-state index >= 15 is 0 Å². The molecular weight excluding hydrogens is 542 g/mol. The highest BCUT2D eigenvalue weighted by Crippen LogP contribution is 2.31. The first-order valence-electron chi connectivity index (χ1n) is 14.1. The minimum Gasteiger partial charge on any atom is -0.506 e. The fraction of sp³-hybridized carbons (Fsp3) is 0.355. The van der Waals surface area contributed by atoms with Gasteiger partial charge in [-0.15, -0.1) is 0 Å². The van der Waals surface area contributed by atoms with Crippen molar-refractivity contribution in [3.05, 3.63) is 82.5 Å². The molecule has 2 aliphatic rings. The van der Waals surface area contributed by atoms with Crippen LogP contribution in [-0.2, 0) is 4.79 Å². The normalized spacial score (nSPS) is 17.7. The van der Waals surface area contributed by atoms with Gasteiger partial charge in [0.05, 0.1) is 22.2 Å². The van der Waals surface area contributed by atoms with Crippen molar-refractivity contribution in [2.75, 3.05) is 43.4 Å². The number of anilines is 2. The predicted octanol–water partition coefficient (Wildman–Crippen LogP) is 5.14. The van der Waals surface area contributed by atoms with E-state index in [1.54, 1.807) is 24.3 Å². The molecule has 0 bridgehead atoms. The zero-order valence-electron chi connectivity index (χ0n) is 22.8. The molecule has 1 aromatic heterocycles. The number of phenolic OH excluding ortho intramolecular Hbond substituents is 1. The lowest BCUT2D eigenvalue weighted by Crippen LogP contribution is -2.45. The van der Waals surface area contributed by atoms with Crippen LogP contribution in [0, 0.1) is 0 Å². The van der Waals surface area contributed by atoms with Crippen LogP contribution in [0.1, 0.15) is 64.3 Å². The lowest BCUT2D eigenvalue weighted by atomic mass is 9.89. The Labute approximate surface area is 244 Å². The summed E-state index contributed by atoms with van der Waals surface area (Å²) in [6.07, 6.45) is 6.89. The van der Waals surface area contributed by atoms with Gasteiger partial charge in [0.15, 0.2) is 0 Å². The summed E-state index contributed by atoms with van der Waals surface area (Å²) in [6, 6.07) is 14.5. The number of phenols is 1. The van der Waals surface area contributed by atoms with E-state index in [9.17, 15) is 19.5 Å². The zero-order valence-corrected chi connectivity index (χ0v) is 23.6. The number of benzene rings is 2. The third-order valence-electron chi connectivity index (χ3n) is 7.74. The molecule has 1 atom stereocenters. The topological polar surface area (TPSA) is 115 Å². The number of piperidine rings is 2. The molecule has 0 saturated carbocycles. The van der Waals surface area contributed by atoms with Gasteiger partial charge in [0.1, 0.15) is 11.6 Å². The van der Waals surface area contributed by atoms with Crippen LogP contribution in [-0.4, -0.2) is 70.3 Å². The van der Waals surface area contributed by atoms with E-state index in [1.807, 2.05) is 17.0 Å². The van der Waals surface area contributed by atoms with Crippen molar-refractivity contribution in [2.24, 2.45) is 0 Å². The largest absolute Gasteiger partial charge is 0.506 e. The smallest absolute Gasteiger partial charge is 0.259 e. The number of aromatic nitrogens is 1. The molecule has 9 nitrogen and oxygen atoms in total. The highest BCUT2D eigenvalue weighted by molar-refractivity contribution is 6.30. The molecule has 3 N–H and O–H groups in total. The van der Waals surface area contributed by atoms with Gasteiger partial charge in [-0.1, -0.05) is 36.2 Å². The highest BCUT2D eigenvalue weighted by Gasteiger charge is 2.30. The number of likely N-dealkylation sites (tertiary alicyclic amines) is 2. The molecule has 2 aromatic carbocycles. The van der Waals surface area contributed by atoms with Gasteiger partial charge >= 0.3 is 0 Å². The van der Waals surface area contributed by atoms with E-state index in [-0.39, 0.29) is 34.6 Å². The molecule has 2 aliphatic heterocycles. The van der Waals surface area contributed by atoms with Gasteiger partial charge in [0, 0.05) is 31.4 Å². The SMILES string of the molecule is O=C(Nc1c(O)cccc1C(=O)Nc1ccc(Cl)cn1)c1ccc(C2CCCN(CCN3CCCCC3)C2=O)cc1. The van der Waals surface area contributed by atoms with E-state index < -0.39 is 11.8 Å². The molecule has 3 aromatic rings. The van der Waals surface area contributed by atoms with Crippen molar-refractivity contribution in [3.8, 4) is 5.75 Å². The van der Waals surface area contributed by atoms with Crippen LogP contribution in [0.5, 0.6) is 5.75 Å². The molecule has 0 radical (unpaired) electrons. The molecular formula is C31H34ClN5O4. The maximum atomic E-state index is 13.3. The Hall–Kier alpha value is -3.95. The van der Waals surface area contributed by atoms with Crippen molar-refractivity contribution in [2.45, 2.75) is 38.0 Å². The van der Waals surface area contributed by atoms with Crippen LogP contribution < -0.4 is 10.6 Å². The number of pyridine rings is 1. The molecule has 41 heavy (non-hydrogen) atoms. The van der Waals surface area contributed by atoms with E-state index in [0.717, 1.165) is 51.1 Å². The number of para-hydroxylation sites is 1. The van der Waals surface area contributed by atoms with Crippen LogP contribution in [0.3, 0.4) is 0 Å². The first-order valence-corrected chi connectivity index (χ1v) is 14.4. The number of amides is 3. The maximum absolute atomic E-state index is 13.3. The molecule has 3 heterocycles. The third kappa shape index (κ3) is 7.04. The molecule has 214 valence electrons. The van der Waals surface area contributed by atoms with E-state index in [1.165, 1.54) is 43.7 Å². The highest BCUT2D eigenvalue weighted by atomic mass is 35.5. The summed E-state index contributed by atoms with van der Waals surface area (Å²) >= 11 is 5.86. The van der Waals surface area contributed by atoms with Crippen molar-refractivity contribution in [1.82, 2.24) is 14.8 Å². The van der Waals surface area contributed by atoms with Gasteiger partial charge in [-0.3, -0.25) is 14.4 Å². The fourth-order valence-electron chi connectivity index (χ4n) is 5.46. The number of hydrogen-bond donors (Lipinski definition) is 3. The van der Waals surface area contributed by atoms with E-state index in [0.29, 0.717) is 10.6 Å². The lowest BCUT2D eigenvalue weighted by molar-refractivity contribution is -0.135. The third-order valence-corrected chi connectivity index (χ3v) is 7.96. The van der Waals surface area contributed by atoms with Crippen LogP contribution in [0.4, 0.5) is 11.5 Å². The molecule has 2 saturated heterocycles. The quantitative estimate of drug-likeness (QED) is 0.321. The first-order chi connectivity index (χ1) is 19.9. The van der Waals surface area contributed by atoms with Crippen LogP contribution in [0.2, 0.25) is 5.02 Å². The first kappa shape index (κ1) is 28.6. The summed E-state index contributed by atoms with van der Waals surface area (Å²) in [6.45, 7) is 4.68. The van der Waals surface area contributed by atoms with Crippen molar-refractivity contribution in [3.63, 3.8) is 0 Å². The van der Waals surface area contributed by atoms with E-state index in [4.69, 9.17) is 11.6 Å². The number of nitrogens with zero attached hydrogens (tertiary/aromatic N) is 3. The molecule has 5 rings (SSSR count). The lowest BCUT2D eigenvalue weighted by Gasteiger charge is -2.35. The second-order valence-electron chi connectivity index (χ2n) is 10.5. The summed E-state index contributed by atoms with van der Waals surface area (Å²) in [4.78, 5) is 47.8. The van der Waals surface area contributed by atoms with E-state index in [2.05, 4.69) is 20.5 Å². The number of nitrogens with one attached hydrogen (secondary N) is 2. The van der Waals surface area contributed by atoms with Gasteiger partial charge in [-0.05, 0) is 80.7 Å². The summed E-state index contributed by atoms with van der Waals surface area (Å²) in [5.41, 5.74) is 1.28. The average molecular weight is 576 g/mol. The Kier molecular flexibility index (Phi) is 9.16. The molecule has 1 unspecified atom stereocenters. The van der Waals surface area contributed by atoms with Gasteiger partial charge in [0.25, 0.3) is 11.8 Å². The molecule has 2 fully saturated rings. The Bertz CT molecular complexity index is 1390. The molecule has 3 amide bonds. The summed E-state index contributed by atoms with van der Waals surface area (Å²) in [7, 11) is 0. The Balaban J connectivity index is 1.23. The monoisotopic (exact) mass is 575 g/mol. The Morgan fingerprint density at radius 1 is 0.902 bits per heavy atom. The molecule has 0 aliphatic carbocycles. The standard InChI is InChI=1S/C31H34ClN5O4/c32-23-13-14-27(33-20-23)34-30(40)25-6-4-8-26(38)28(25)35-29(39)22-11-9-21(10-12-22)24-7-5-17-37(31(24)41)19-18-36-15-2-1-3-16-36/h4,6,8-14,20,24,38H,1-3,5,7,15-19H2,(H,35,39)(H,33,34,40). The van der Waals surface area contributed by atoms with Gasteiger partial charge < -0.3 is 25.5 Å². The second kappa shape index (κ2) is 13.1. The van der Waals surface area contributed by atoms with Crippen molar-refractivity contribution < 1.29 is 19.5 Å². The van der Waals surface area contributed by atoms with Gasteiger partial charge in [0.2, 0.25) is 5.91 Å². The summed E-state index contributed by atoms with van der Waals surface area (Å²) < 4.78 is 0. The van der Waals surface area contributed by atoms with Crippen molar-refractivity contribution in [1.29, 1.82) is 0 Å². The number of carbonyl (C=O) groups is 3. The number of halogens is 1. The Morgan fingerprint density at radius 2 is 1.68 bits per heavy atom. The minimum atomic E-state index is -0.554. The number of aromatic hydroxyl groups is 1. The summed E-state index contributed by atoms with van der Waals surface area (Å²) in [5, 5.41) is 16.2. The number of rotatable bonds is 8. The average Bonchev–Trinajstić information content (AvgIpc) is 2.99. The fourth-order valence-corrected chi connectivity index (χ4v) is 5.58. The van der Waals surface area contributed by atoms with Gasteiger partial charge in [-0.2, -0.15) is 0 Å². The van der Waals surface area contributed by atoms with Crippen LogP contribution in [0.25, 0.3) is 0 Å². The minimum absolute atomic E-state index is 0.0140. The predicted molar refractivity (Wildman–Crippen MR) is 159 cm³/mol. The van der Waals surface area contributed by atoms with Crippen LogP contribution >= 0.6 is 11.6 Å². The zero-order chi connectivity index (χ0) is 28.8.